The summed E-state index contributed by atoms with van der Waals surface area (Å²) in [5.74, 6) is 4.51. The third-order valence-corrected chi connectivity index (χ3v) is 13.8. The van der Waals surface area contributed by atoms with Crippen LogP contribution in [0, 0.1) is 45.8 Å². The fourth-order valence-corrected chi connectivity index (χ4v) is 11.3. The van der Waals surface area contributed by atoms with E-state index in [1.165, 1.54) is 83.0 Å². The molecule has 5 aliphatic carbocycles. The fraction of sp³-hybridized carbons (Fsp3) is 0.711. The average molecular weight is 575 g/mol. The Hall–Kier alpha value is -2.23. The van der Waals surface area contributed by atoms with E-state index in [-0.39, 0.29) is 17.8 Å². The Balaban J connectivity index is 1.07. The molecule has 1 N–H and O–H groups in total. The predicted octanol–water partition coefficient (Wildman–Crippen LogP) is 9.51. The minimum Gasteiger partial charge on any atom is -0.504 e. The van der Waals surface area contributed by atoms with E-state index in [0.29, 0.717) is 22.0 Å². The van der Waals surface area contributed by atoms with Crippen LogP contribution in [0.15, 0.2) is 35.4 Å². The van der Waals surface area contributed by atoms with Crippen LogP contribution in [0.25, 0.3) is 6.08 Å². The summed E-state index contributed by atoms with van der Waals surface area (Å²) in [5.41, 5.74) is 5.55. The van der Waals surface area contributed by atoms with Gasteiger partial charge in [0.15, 0.2) is 11.5 Å². The molecule has 230 valence electrons. The zero-order chi connectivity index (χ0) is 29.9. The molecular weight excluding hydrogens is 520 g/mol. The molecule has 0 aromatic heterocycles. The number of aromatic hydroxyl groups is 1. The van der Waals surface area contributed by atoms with E-state index in [9.17, 15) is 9.90 Å². The van der Waals surface area contributed by atoms with Crippen LogP contribution in [-0.4, -0.2) is 24.3 Å². The van der Waals surface area contributed by atoms with Crippen LogP contribution >= 0.6 is 0 Å². The molecule has 2 spiro atoms. The molecule has 2 unspecified atom stereocenters. The minimum atomic E-state index is -0.262. The van der Waals surface area contributed by atoms with Crippen LogP contribution in [-0.2, 0) is 9.53 Å². The average Bonchev–Trinajstić information content (AvgIpc) is 3.51. The van der Waals surface area contributed by atoms with Crippen molar-refractivity contribution in [2.45, 2.75) is 118 Å². The highest BCUT2D eigenvalue weighted by Gasteiger charge is 2.78. The Morgan fingerprint density at radius 1 is 1.05 bits per heavy atom. The zero-order valence-corrected chi connectivity index (χ0v) is 27.0. The number of phenols is 1. The van der Waals surface area contributed by atoms with Gasteiger partial charge in [-0.05, 0) is 167 Å². The van der Waals surface area contributed by atoms with Crippen LogP contribution in [0.1, 0.15) is 117 Å². The number of fused-ring (bicyclic) bond motifs is 2. The van der Waals surface area contributed by atoms with Gasteiger partial charge in [0.2, 0.25) is 0 Å². The second-order valence-corrected chi connectivity index (χ2v) is 15.6. The van der Waals surface area contributed by atoms with Crippen molar-refractivity contribution in [2.75, 3.05) is 7.11 Å². The van der Waals surface area contributed by atoms with E-state index in [1.54, 1.807) is 29.8 Å². The van der Waals surface area contributed by atoms with Gasteiger partial charge in [0.25, 0.3) is 0 Å². The number of carbonyl (C=O) groups is 1. The molecule has 9 atom stereocenters. The first kappa shape index (κ1) is 29.8. The lowest BCUT2D eigenvalue weighted by atomic mass is 9.49. The highest BCUT2D eigenvalue weighted by Crippen LogP contribution is 2.85. The second-order valence-electron chi connectivity index (χ2n) is 15.6. The molecule has 5 fully saturated rings. The van der Waals surface area contributed by atoms with Gasteiger partial charge in [-0.15, -0.1) is 0 Å². The number of benzene rings is 1. The smallest absolute Gasteiger partial charge is 0.331 e. The van der Waals surface area contributed by atoms with Crippen LogP contribution in [0.2, 0.25) is 0 Å². The first-order valence-electron chi connectivity index (χ1n) is 16.9. The molecule has 4 heteroatoms. The van der Waals surface area contributed by atoms with Gasteiger partial charge >= 0.3 is 5.97 Å². The molecule has 0 amide bonds. The topological polar surface area (TPSA) is 55.8 Å². The van der Waals surface area contributed by atoms with Crippen molar-refractivity contribution in [1.29, 1.82) is 0 Å². The Bertz CT molecular complexity index is 1260. The highest BCUT2D eigenvalue weighted by atomic mass is 16.5. The van der Waals surface area contributed by atoms with Gasteiger partial charge in [-0.1, -0.05) is 31.1 Å². The van der Waals surface area contributed by atoms with Gasteiger partial charge in [0.05, 0.1) is 7.11 Å². The number of carbonyl (C=O) groups excluding carboxylic acids is 1. The molecule has 4 nitrogen and oxygen atoms in total. The quantitative estimate of drug-likeness (QED) is 0.191. The Kier molecular flexibility index (Phi) is 7.84. The summed E-state index contributed by atoms with van der Waals surface area (Å²) in [4.78, 5) is 12.8. The first-order valence-corrected chi connectivity index (χ1v) is 16.9. The molecule has 0 heterocycles. The molecule has 1 aromatic rings. The molecule has 0 aliphatic heterocycles. The molecule has 0 saturated heterocycles. The highest BCUT2D eigenvalue weighted by molar-refractivity contribution is 5.87. The van der Waals surface area contributed by atoms with Crippen molar-refractivity contribution in [1.82, 2.24) is 0 Å². The summed E-state index contributed by atoms with van der Waals surface area (Å²) >= 11 is 0. The van der Waals surface area contributed by atoms with E-state index < -0.39 is 0 Å². The first-order chi connectivity index (χ1) is 20.0. The van der Waals surface area contributed by atoms with E-state index in [0.717, 1.165) is 48.0 Å². The maximum atomic E-state index is 12.8. The maximum absolute atomic E-state index is 12.8. The van der Waals surface area contributed by atoms with Gasteiger partial charge in [0.1, 0.15) is 6.10 Å². The number of hydrogen-bond donors (Lipinski definition) is 1. The number of hydrogen-bond acceptors (Lipinski definition) is 4. The van der Waals surface area contributed by atoms with Gasteiger partial charge in [-0.3, -0.25) is 0 Å². The standard InChI is InChI=1S/C38H54O4/c1-24(2)25(3)7-8-26(4)30-13-14-31-32-12-11-28-22-29(17-18-37(28)23-38(32,37)20-19-36(30,31)5)42-35(40)16-10-27-9-15-33(39)34(21-27)41-6/h9-10,15-16,21,26,28-32,39H,7-8,11-14,17-20,22-23H2,1-6H3/b16-10+/t26-,28?,29?,30-,31+,32+,36-,37-,38+/m1/s1. The SMILES string of the molecule is COc1cc(/C=C/C(=O)OC2CC[C@]34C[C@]35CC[C@]3(C)[C@@H]([C@H](C)CCC(C)=C(C)C)CC[C@H]3[C@@H]5CCC4C2)ccc1O. The van der Waals surface area contributed by atoms with Crippen molar-refractivity contribution in [3.63, 3.8) is 0 Å². The number of phenolic OH excluding ortho intramolecular Hbond substituents is 1. The van der Waals surface area contributed by atoms with Gasteiger partial charge in [-0.25, -0.2) is 4.79 Å². The lowest BCUT2D eigenvalue weighted by Crippen LogP contribution is -2.49. The molecular formula is C38H54O4. The van der Waals surface area contributed by atoms with Crippen LogP contribution in [0.3, 0.4) is 0 Å². The molecule has 1 aromatic carbocycles. The number of methoxy groups -OCH3 is 1. The normalized spacial score (nSPS) is 39.0. The molecule has 6 rings (SSSR count). The van der Waals surface area contributed by atoms with Gasteiger partial charge in [0, 0.05) is 6.08 Å². The Morgan fingerprint density at radius 2 is 1.83 bits per heavy atom. The van der Waals surface area contributed by atoms with Crippen LogP contribution < -0.4 is 4.74 Å². The summed E-state index contributed by atoms with van der Waals surface area (Å²) in [6.45, 7) is 12.1. The summed E-state index contributed by atoms with van der Waals surface area (Å²) in [6.07, 6.45) is 19.2. The number of esters is 1. The second kappa shape index (κ2) is 11.0. The predicted molar refractivity (Wildman–Crippen MR) is 169 cm³/mol. The summed E-state index contributed by atoms with van der Waals surface area (Å²) in [6, 6.07) is 5.08. The van der Waals surface area contributed by atoms with E-state index in [4.69, 9.17) is 9.47 Å². The Labute approximate surface area is 254 Å². The molecule has 42 heavy (non-hydrogen) atoms. The van der Waals surface area contributed by atoms with Crippen LogP contribution in [0.4, 0.5) is 0 Å². The third kappa shape index (κ3) is 4.84. The number of rotatable bonds is 8. The largest absolute Gasteiger partial charge is 0.504 e. The zero-order valence-electron chi connectivity index (χ0n) is 27.0. The van der Waals surface area contributed by atoms with Crippen molar-refractivity contribution in [3.8, 4) is 11.5 Å². The molecule has 0 bridgehead atoms. The summed E-state index contributed by atoms with van der Waals surface area (Å²) < 4.78 is 11.2. The molecule has 5 aliphatic rings. The van der Waals surface area contributed by atoms with Gasteiger partial charge in [-0.2, -0.15) is 0 Å². The van der Waals surface area contributed by atoms with Crippen LogP contribution in [0.5, 0.6) is 11.5 Å². The molecule has 5 saturated carbocycles. The summed E-state index contributed by atoms with van der Waals surface area (Å²) in [5, 5.41) is 9.82. The fourth-order valence-electron chi connectivity index (χ4n) is 11.3. The lowest BCUT2D eigenvalue weighted by Gasteiger charge is -2.56. The maximum Gasteiger partial charge on any atom is 0.331 e. The minimum absolute atomic E-state index is 0.0381. The molecule has 0 radical (unpaired) electrons. The lowest BCUT2D eigenvalue weighted by molar-refractivity contribution is -0.149. The van der Waals surface area contributed by atoms with Crippen molar-refractivity contribution >= 4 is 12.0 Å². The number of ether oxygens (including phenoxy) is 2. The Morgan fingerprint density at radius 3 is 2.60 bits per heavy atom. The third-order valence-electron chi connectivity index (χ3n) is 13.8. The van der Waals surface area contributed by atoms with E-state index >= 15 is 0 Å². The van der Waals surface area contributed by atoms with Gasteiger partial charge < -0.3 is 14.6 Å². The van der Waals surface area contributed by atoms with E-state index in [1.807, 2.05) is 0 Å². The van der Waals surface area contributed by atoms with Crippen molar-refractivity contribution in [2.24, 2.45) is 45.8 Å². The van der Waals surface area contributed by atoms with Crippen molar-refractivity contribution in [3.05, 3.63) is 41.0 Å². The summed E-state index contributed by atoms with van der Waals surface area (Å²) in [7, 11) is 1.52. The van der Waals surface area contributed by atoms with E-state index in [2.05, 4.69) is 34.6 Å². The number of allylic oxidation sites excluding steroid dienone is 2. The van der Waals surface area contributed by atoms with Crippen molar-refractivity contribution < 1.29 is 19.4 Å². The monoisotopic (exact) mass is 574 g/mol.